The summed E-state index contributed by atoms with van der Waals surface area (Å²) in [4.78, 5) is 29.6. The molecule has 0 radical (unpaired) electrons. The highest BCUT2D eigenvalue weighted by Crippen LogP contribution is 2.32. The summed E-state index contributed by atoms with van der Waals surface area (Å²) in [5.41, 5.74) is 0.304. The number of amides is 2. The van der Waals surface area contributed by atoms with Gasteiger partial charge >= 0.3 is 0 Å². The lowest BCUT2D eigenvalue weighted by molar-refractivity contribution is -0.123. The second kappa shape index (κ2) is 6.84. The molecule has 0 atom stereocenters. The molecule has 0 saturated carbocycles. The number of fused-ring (bicyclic) bond motifs is 1. The summed E-state index contributed by atoms with van der Waals surface area (Å²) in [6.45, 7) is -0.387. The van der Waals surface area contributed by atoms with Gasteiger partial charge in [0.1, 0.15) is 6.54 Å². The quantitative estimate of drug-likeness (QED) is 0.821. The maximum atomic E-state index is 12.3. The molecular formula is C15H10Cl3N3O3. The maximum Gasteiger partial charge on any atom is 0.266 e. The third-order valence-corrected chi connectivity index (χ3v) is 4.28. The summed E-state index contributed by atoms with van der Waals surface area (Å²) < 4.78 is 5.28. The second-order valence-electron chi connectivity index (χ2n) is 4.89. The lowest BCUT2D eigenvalue weighted by atomic mass is 10.3. The van der Waals surface area contributed by atoms with E-state index in [1.165, 1.54) is 23.2 Å². The van der Waals surface area contributed by atoms with E-state index in [0.717, 1.165) is 0 Å². The summed E-state index contributed by atoms with van der Waals surface area (Å²) in [6, 6.07) is 6.23. The van der Waals surface area contributed by atoms with E-state index in [1.807, 2.05) is 0 Å². The van der Waals surface area contributed by atoms with Crippen molar-refractivity contribution in [3.63, 3.8) is 0 Å². The number of carbonyl (C=O) groups excluding carboxylic acids is 2. The summed E-state index contributed by atoms with van der Waals surface area (Å²) in [7, 11) is 0. The van der Waals surface area contributed by atoms with E-state index in [2.05, 4.69) is 10.3 Å². The number of nitrogens with zero attached hydrogens (tertiary/aromatic N) is 2. The minimum atomic E-state index is -0.456. The van der Waals surface area contributed by atoms with E-state index in [9.17, 15) is 9.59 Å². The second-order valence-corrected chi connectivity index (χ2v) is 6.11. The number of rotatable bonds is 3. The van der Waals surface area contributed by atoms with Crippen LogP contribution in [0.1, 0.15) is 0 Å². The highest BCUT2D eigenvalue weighted by molar-refractivity contribution is 6.44. The highest BCUT2D eigenvalue weighted by Gasteiger charge is 2.28. The first-order chi connectivity index (χ1) is 11.5. The molecule has 3 rings (SSSR count). The largest absolute Gasteiger partial charge is 0.480 e. The van der Waals surface area contributed by atoms with Crippen molar-refractivity contribution in [3.05, 3.63) is 45.5 Å². The Kier molecular flexibility index (Phi) is 4.80. The molecule has 124 valence electrons. The molecular weight excluding hydrogens is 377 g/mol. The van der Waals surface area contributed by atoms with Gasteiger partial charge in [0.05, 0.1) is 20.8 Å². The van der Waals surface area contributed by atoms with Crippen LogP contribution in [-0.4, -0.2) is 29.9 Å². The van der Waals surface area contributed by atoms with E-state index in [-0.39, 0.29) is 34.1 Å². The summed E-state index contributed by atoms with van der Waals surface area (Å²) in [6.07, 6.45) is 1.52. The van der Waals surface area contributed by atoms with Gasteiger partial charge in [0.2, 0.25) is 5.91 Å². The first-order valence-corrected chi connectivity index (χ1v) is 7.91. The summed E-state index contributed by atoms with van der Waals surface area (Å²) >= 11 is 17.8. The highest BCUT2D eigenvalue weighted by atomic mass is 35.5. The fourth-order valence-corrected chi connectivity index (χ4v) is 2.74. The Morgan fingerprint density at radius 3 is 2.79 bits per heavy atom. The molecule has 0 aliphatic carbocycles. The summed E-state index contributed by atoms with van der Waals surface area (Å²) in [5, 5.41) is 3.38. The molecule has 1 aromatic carbocycles. The Morgan fingerprint density at radius 1 is 1.25 bits per heavy atom. The molecule has 1 aliphatic rings. The average Bonchev–Trinajstić information content (AvgIpc) is 2.55. The molecule has 0 fully saturated rings. The van der Waals surface area contributed by atoms with Gasteiger partial charge in [-0.25, -0.2) is 4.98 Å². The smallest absolute Gasteiger partial charge is 0.266 e. The molecule has 1 aromatic heterocycles. The van der Waals surface area contributed by atoms with Gasteiger partial charge in [0, 0.05) is 6.20 Å². The molecule has 0 saturated heterocycles. The van der Waals surface area contributed by atoms with Crippen molar-refractivity contribution < 1.29 is 14.3 Å². The lowest BCUT2D eigenvalue weighted by Gasteiger charge is -2.27. The zero-order valence-corrected chi connectivity index (χ0v) is 14.3. The van der Waals surface area contributed by atoms with E-state index >= 15 is 0 Å². The van der Waals surface area contributed by atoms with Crippen LogP contribution in [-0.2, 0) is 9.59 Å². The van der Waals surface area contributed by atoms with Gasteiger partial charge in [0.15, 0.2) is 18.2 Å². The van der Waals surface area contributed by atoms with E-state index < -0.39 is 5.91 Å². The number of nitrogens with one attached hydrogen (secondary N) is 1. The van der Waals surface area contributed by atoms with Gasteiger partial charge in [-0.15, -0.1) is 0 Å². The molecule has 0 bridgehead atoms. The van der Waals surface area contributed by atoms with Crippen molar-refractivity contribution in [1.29, 1.82) is 0 Å². The zero-order valence-electron chi connectivity index (χ0n) is 12.1. The van der Waals surface area contributed by atoms with Crippen molar-refractivity contribution in [2.24, 2.45) is 0 Å². The zero-order chi connectivity index (χ0) is 17.3. The van der Waals surface area contributed by atoms with Gasteiger partial charge in [-0.2, -0.15) is 0 Å². The number of anilines is 2. The van der Waals surface area contributed by atoms with Crippen molar-refractivity contribution in [2.75, 3.05) is 23.4 Å². The number of carbonyl (C=O) groups is 2. The monoisotopic (exact) mass is 385 g/mol. The van der Waals surface area contributed by atoms with Crippen LogP contribution in [0.15, 0.2) is 30.5 Å². The number of halogens is 3. The van der Waals surface area contributed by atoms with Gasteiger partial charge in [-0.1, -0.05) is 34.8 Å². The number of aromatic nitrogens is 1. The molecule has 0 unspecified atom stereocenters. The van der Waals surface area contributed by atoms with Gasteiger partial charge in [-0.3, -0.25) is 14.5 Å². The molecule has 9 heteroatoms. The van der Waals surface area contributed by atoms with E-state index in [4.69, 9.17) is 39.5 Å². The fourth-order valence-electron chi connectivity index (χ4n) is 2.15. The molecule has 2 amide bonds. The molecule has 0 spiro atoms. The number of benzene rings is 1. The Bertz CT molecular complexity index is 829. The van der Waals surface area contributed by atoms with Crippen molar-refractivity contribution in [1.82, 2.24) is 4.98 Å². The van der Waals surface area contributed by atoms with Crippen LogP contribution >= 0.6 is 34.8 Å². The van der Waals surface area contributed by atoms with Crippen LogP contribution in [0.25, 0.3) is 0 Å². The number of ether oxygens (including phenoxy) is 1. The van der Waals surface area contributed by atoms with Gasteiger partial charge in [0.25, 0.3) is 5.91 Å². The Balaban J connectivity index is 1.78. The molecule has 6 nitrogen and oxygen atoms in total. The Labute approximate surface area is 152 Å². The van der Waals surface area contributed by atoms with Gasteiger partial charge in [-0.05, 0) is 24.3 Å². The first-order valence-electron chi connectivity index (χ1n) is 6.78. The van der Waals surface area contributed by atoms with Crippen LogP contribution < -0.4 is 15.0 Å². The van der Waals surface area contributed by atoms with Crippen LogP contribution in [0.5, 0.6) is 5.75 Å². The SMILES string of the molecule is O=C(CN1C(=O)COc2cccnc21)Nc1cc(Cl)c(Cl)cc1Cl. The average molecular weight is 387 g/mol. The van der Waals surface area contributed by atoms with Crippen molar-refractivity contribution >= 4 is 58.1 Å². The number of hydrogen-bond donors (Lipinski definition) is 1. The minimum Gasteiger partial charge on any atom is -0.480 e. The fraction of sp³-hybridized carbons (Fsp3) is 0.133. The first kappa shape index (κ1) is 16.8. The number of hydrogen-bond acceptors (Lipinski definition) is 4. The Morgan fingerprint density at radius 2 is 2.00 bits per heavy atom. The Hall–Kier alpha value is -2.02. The van der Waals surface area contributed by atoms with Crippen molar-refractivity contribution in [3.8, 4) is 5.75 Å². The normalized spacial score (nSPS) is 13.3. The maximum absolute atomic E-state index is 12.3. The molecule has 2 aromatic rings. The van der Waals surface area contributed by atoms with E-state index in [1.54, 1.807) is 12.1 Å². The molecule has 2 heterocycles. The van der Waals surface area contributed by atoms with Crippen molar-refractivity contribution in [2.45, 2.75) is 0 Å². The summed E-state index contributed by atoms with van der Waals surface area (Å²) in [5.74, 6) is -0.0830. The van der Waals surface area contributed by atoms with Crippen LogP contribution in [0.2, 0.25) is 15.1 Å². The van der Waals surface area contributed by atoms with Gasteiger partial charge < -0.3 is 10.1 Å². The third kappa shape index (κ3) is 3.40. The minimum absolute atomic E-state index is 0.153. The molecule has 24 heavy (non-hydrogen) atoms. The lowest BCUT2D eigenvalue weighted by Crippen LogP contribution is -2.43. The van der Waals surface area contributed by atoms with Crippen LogP contribution in [0.4, 0.5) is 11.5 Å². The molecule has 1 N–H and O–H groups in total. The predicted octanol–water partition coefficient (Wildman–Crippen LogP) is 3.41. The van der Waals surface area contributed by atoms with Crippen LogP contribution in [0.3, 0.4) is 0 Å². The van der Waals surface area contributed by atoms with E-state index in [0.29, 0.717) is 17.3 Å². The predicted molar refractivity (Wildman–Crippen MR) is 92.2 cm³/mol. The molecule has 1 aliphatic heterocycles. The standard InChI is InChI=1S/C15H10Cl3N3O3/c16-8-4-10(18)11(5-9(8)17)20-13(22)6-21-14(23)7-24-12-2-1-3-19-15(12)21/h1-5H,6-7H2,(H,20,22). The number of pyridine rings is 1. The topological polar surface area (TPSA) is 71.5 Å². The third-order valence-electron chi connectivity index (χ3n) is 3.24. The van der Waals surface area contributed by atoms with Crippen LogP contribution in [0, 0.1) is 0 Å².